The monoisotopic (exact) mass is 328 g/mol. The van der Waals surface area contributed by atoms with Crippen LogP contribution in [0.1, 0.15) is 18.4 Å². The van der Waals surface area contributed by atoms with Gasteiger partial charge in [0.05, 0.1) is 6.54 Å². The van der Waals surface area contributed by atoms with Crippen LogP contribution in [0.3, 0.4) is 0 Å². The van der Waals surface area contributed by atoms with E-state index in [-0.39, 0.29) is 31.5 Å². The fraction of sp³-hybridized carbons (Fsp3) is 0.562. The Morgan fingerprint density at radius 3 is 2.68 bits per heavy atom. The van der Waals surface area contributed by atoms with Gasteiger partial charge in [-0.2, -0.15) is 0 Å². The van der Waals surface area contributed by atoms with Crippen LogP contribution < -0.4 is 5.32 Å². The largest absolute Gasteiger partial charge is 0.445 e. The molecule has 0 radical (unpaired) electrons. The summed E-state index contributed by atoms with van der Waals surface area (Å²) < 4.78 is 19.2. The van der Waals surface area contributed by atoms with Gasteiger partial charge in [0, 0.05) is 25.0 Å². The van der Waals surface area contributed by atoms with E-state index in [1.165, 1.54) is 17.7 Å². The number of rotatable bonds is 5. The molecule has 1 aromatic carbocycles. The molecule has 22 heavy (non-hydrogen) atoms. The Labute approximate surface area is 136 Å². The van der Waals surface area contributed by atoms with Crippen molar-refractivity contribution >= 4 is 18.5 Å². The number of carbonyl (C=O) groups is 1. The van der Waals surface area contributed by atoms with Crippen LogP contribution in [0.25, 0.3) is 0 Å². The SMILES string of the molecule is Cl.O=C(OCc1ccccc1)N1C[C@H](CNC2CC2)[C@H](F)C1. The Morgan fingerprint density at radius 1 is 1.27 bits per heavy atom. The second kappa shape index (κ2) is 7.79. The number of alkyl halides is 1. The van der Waals surface area contributed by atoms with E-state index in [0.717, 1.165) is 5.56 Å². The maximum atomic E-state index is 13.9. The molecule has 1 saturated carbocycles. The second-order valence-corrected chi connectivity index (χ2v) is 5.90. The van der Waals surface area contributed by atoms with Crippen LogP contribution >= 0.6 is 12.4 Å². The lowest BCUT2D eigenvalue weighted by atomic mass is 10.1. The summed E-state index contributed by atoms with van der Waals surface area (Å²) in [6.07, 6.45) is 0.995. The van der Waals surface area contributed by atoms with E-state index >= 15 is 0 Å². The Hall–Kier alpha value is -1.33. The predicted molar refractivity (Wildman–Crippen MR) is 84.9 cm³/mol. The number of halogens is 2. The number of likely N-dealkylation sites (tertiary alicyclic amines) is 1. The normalized spacial score (nSPS) is 24.0. The van der Waals surface area contributed by atoms with E-state index in [1.54, 1.807) is 0 Å². The van der Waals surface area contributed by atoms with Gasteiger partial charge in [0.25, 0.3) is 0 Å². The summed E-state index contributed by atoms with van der Waals surface area (Å²) in [6, 6.07) is 10.1. The lowest BCUT2D eigenvalue weighted by Gasteiger charge is -2.16. The predicted octanol–water partition coefficient (Wildman–Crippen LogP) is 2.77. The summed E-state index contributed by atoms with van der Waals surface area (Å²) in [5.74, 6) is -0.116. The third-order valence-electron chi connectivity index (χ3n) is 4.07. The highest BCUT2D eigenvalue weighted by Crippen LogP contribution is 2.23. The highest BCUT2D eigenvalue weighted by atomic mass is 35.5. The number of ether oxygens (including phenoxy) is 1. The van der Waals surface area contributed by atoms with Gasteiger partial charge in [-0.1, -0.05) is 30.3 Å². The van der Waals surface area contributed by atoms with Crippen molar-refractivity contribution in [3.8, 4) is 0 Å². The topological polar surface area (TPSA) is 41.6 Å². The molecule has 0 bridgehead atoms. The van der Waals surface area contributed by atoms with Crippen LogP contribution in [0.2, 0.25) is 0 Å². The molecule has 1 amide bonds. The maximum absolute atomic E-state index is 13.9. The van der Waals surface area contributed by atoms with Crippen LogP contribution in [0.15, 0.2) is 30.3 Å². The van der Waals surface area contributed by atoms with Crippen molar-refractivity contribution in [2.24, 2.45) is 5.92 Å². The molecular formula is C16H22ClFN2O2. The molecule has 2 aliphatic rings. The molecule has 0 spiro atoms. The highest BCUT2D eigenvalue weighted by Gasteiger charge is 2.36. The van der Waals surface area contributed by atoms with E-state index < -0.39 is 12.3 Å². The average molecular weight is 329 g/mol. The Morgan fingerprint density at radius 2 is 2.00 bits per heavy atom. The fourth-order valence-corrected chi connectivity index (χ4v) is 2.59. The van der Waals surface area contributed by atoms with Crippen LogP contribution in [0.4, 0.5) is 9.18 Å². The van der Waals surface area contributed by atoms with Gasteiger partial charge in [-0.15, -0.1) is 12.4 Å². The minimum absolute atomic E-state index is 0. The summed E-state index contributed by atoms with van der Waals surface area (Å²) in [5.41, 5.74) is 0.939. The molecule has 6 heteroatoms. The zero-order valence-electron chi connectivity index (χ0n) is 12.4. The number of nitrogens with one attached hydrogen (secondary N) is 1. The van der Waals surface area contributed by atoms with E-state index in [9.17, 15) is 9.18 Å². The molecule has 1 heterocycles. The van der Waals surface area contributed by atoms with Gasteiger partial charge >= 0.3 is 6.09 Å². The van der Waals surface area contributed by atoms with Crippen LogP contribution in [-0.2, 0) is 11.3 Å². The van der Waals surface area contributed by atoms with Gasteiger partial charge in [0.15, 0.2) is 0 Å². The quantitative estimate of drug-likeness (QED) is 0.903. The Bertz CT molecular complexity index is 484. The van der Waals surface area contributed by atoms with E-state index in [4.69, 9.17) is 4.74 Å². The molecule has 1 N–H and O–H groups in total. The lowest BCUT2D eigenvalue weighted by Crippen LogP contribution is -2.32. The fourth-order valence-electron chi connectivity index (χ4n) is 2.59. The van der Waals surface area contributed by atoms with Crippen LogP contribution in [0, 0.1) is 5.92 Å². The maximum Gasteiger partial charge on any atom is 0.410 e. The second-order valence-electron chi connectivity index (χ2n) is 5.90. The number of carbonyl (C=O) groups excluding carboxylic acids is 1. The minimum Gasteiger partial charge on any atom is -0.445 e. The zero-order valence-corrected chi connectivity index (χ0v) is 13.2. The Kier molecular flexibility index (Phi) is 6.03. The standard InChI is InChI=1S/C16H21FN2O2.ClH/c17-15-10-19(9-13(15)8-18-14-6-7-14)16(20)21-11-12-4-2-1-3-5-12;/h1-5,13-15,18H,6-11H2;1H/t13-,15+;/m0./s1. The zero-order chi connectivity index (χ0) is 14.7. The smallest absolute Gasteiger partial charge is 0.410 e. The molecule has 4 nitrogen and oxygen atoms in total. The lowest BCUT2D eigenvalue weighted by molar-refractivity contribution is 0.102. The van der Waals surface area contributed by atoms with Gasteiger partial charge in [-0.25, -0.2) is 9.18 Å². The summed E-state index contributed by atoms with van der Waals surface area (Å²) in [5, 5.41) is 3.33. The number of amides is 1. The first-order chi connectivity index (χ1) is 10.2. The molecular weight excluding hydrogens is 307 g/mol. The molecule has 122 valence electrons. The third-order valence-corrected chi connectivity index (χ3v) is 4.07. The molecule has 2 atom stereocenters. The van der Waals surface area contributed by atoms with Gasteiger partial charge in [-0.05, 0) is 18.4 Å². The van der Waals surface area contributed by atoms with Crippen LogP contribution in [-0.4, -0.2) is 42.8 Å². The van der Waals surface area contributed by atoms with E-state index in [1.807, 2.05) is 30.3 Å². The molecule has 1 aliphatic carbocycles. The van der Waals surface area contributed by atoms with Crippen molar-refractivity contribution in [3.05, 3.63) is 35.9 Å². The molecule has 1 aromatic rings. The molecule has 3 rings (SSSR count). The van der Waals surface area contributed by atoms with E-state index in [2.05, 4.69) is 5.32 Å². The number of hydrogen-bond acceptors (Lipinski definition) is 3. The van der Waals surface area contributed by atoms with Gasteiger partial charge in [-0.3, -0.25) is 0 Å². The summed E-state index contributed by atoms with van der Waals surface area (Å²) in [7, 11) is 0. The summed E-state index contributed by atoms with van der Waals surface area (Å²) in [6.45, 7) is 1.46. The van der Waals surface area contributed by atoms with Crippen molar-refractivity contribution in [2.45, 2.75) is 31.7 Å². The van der Waals surface area contributed by atoms with Crippen molar-refractivity contribution in [2.75, 3.05) is 19.6 Å². The van der Waals surface area contributed by atoms with Gasteiger partial charge < -0.3 is 15.0 Å². The molecule has 0 unspecified atom stereocenters. The average Bonchev–Trinajstić information content (AvgIpc) is 3.26. The third kappa shape index (κ3) is 4.58. The first-order valence-corrected chi connectivity index (χ1v) is 7.55. The van der Waals surface area contributed by atoms with Crippen molar-refractivity contribution < 1.29 is 13.9 Å². The molecule has 0 aromatic heterocycles. The number of benzene rings is 1. The van der Waals surface area contributed by atoms with Crippen molar-refractivity contribution in [1.82, 2.24) is 10.2 Å². The first kappa shape index (κ1) is 17.0. The molecule has 1 aliphatic heterocycles. The van der Waals surface area contributed by atoms with E-state index in [0.29, 0.717) is 19.1 Å². The summed E-state index contributed by atoms with van der Waals surface area (Å²) in [4.78, 5) is 13.5. The highest BCUT2D eigenvalue weighted by molar-refractivity contribution is 5.85. The van der Waals surface area contributed by atoms with Crippen molar-refractivity contribution in [3.63, 3.8) is 0 Å². The molecule has 1 saturated heterocycles. The van der Waals surface area contributed by atoms with Gasteiger partial charge in [0.2, 0.25) is 0 Å². The summed E-state index contributed by atoms with van der Waals surface area (Å²) >= 11 is 0. The Balaban J connectivity index is 0.00000176. The van der Waals surface area contributed by atoms with Gasteiger partial charge in [0.1, 0.15) is 12.8 Å². The number of nitrogens with zero attached hydrogens (tertiary/aromatic N) is 1. The minimum atomic E-state index is -0.958. The first-order valence-electron chi connectivity index (χ1n) is 7.55. The van der Waals surface area contributed by atoms with Crippen molar-refractivity contribution in [1.29, 1.82) is 0 Å². The number of hydrogen-bond donors (Lipinski definition) is 1. The molecule has 2 fully saturated rings. The van der Waals surface area contributed by atoms with Crippen LogP contribution in [0.5, 0.6) is 0 Å².